The molecule has 1 unspecified atom stereocenters. The Labute approximate surface area is 123 Å². The lowest BCUT2D eigenvalue weighted by molar-refractivity contribution is 0.0821. The van der Waals surface area contributed by atoms with Crippen molar-refractivity contribution < 1.29 is 19.0 Å². The highest BCUT2D eigenvalue weighted by atomic mass is 16.5. The van der Waals surface area contributed by atoms with Crippen LogP contribution >= 0.6 is 0 Å². The van der Waals surface area contributed by atoms with Gasteiger partial charge in [-0.05, 0) is 23.8 Å². The van der Waals surface area contributed by atoms with Gasteiger partial charge in [0.1, 0.15) is 17.2 Å². The lowest BCUT2D eigenvalue weighted by atomic mass is 10.0. The van der Waals surface area contributed by atoms with Crippen LogP contribution < -0.4 is 14.2 Å². The third-order valence-electron chi connectivity index (χ3n) is 3.61. The zero-order chi connectivity index (χ0) is 14.8. The second-order valence-electron chi connectivity index (χ2n) is 4.85. The van der Waals surface area contributed by atoms with Gasteiger partial charge in [0.15, 0.2) is 6.10 Å². The van der Waals surface area contributed by atoms with E-state index in [-0.39, 0.29) is 5.78 Å². The van der Waals surface area contributed by atoms with Crippen molar-refractivity contribution in [1.82, 2.24) is 0 Å². The van der Waals surface area contributed by atoms with Crippen LogP contribution in [0.3, 0.4) is 0 Å². The fourth-order valence-electron chi connectivity index (χ4n) is 2.50. The summed E-state index contributed by atoms with van der Waals surface area (Å²) in [6.45, 7) is 0. The molecule has 108 valence electrons. The first-order valence-corrected chi connectivity index (χ1v) is 6.73. The number of hydrogen-bond acceptors (Lipinski definition) is 4. The summed E-state index contributed by atoms with van der Waals surface area (Å²) in [6, 6.07) is 12.9. The Balaban J connectivity index is 1.87. The van der Waals surface area contributed by atoms with Crippen LogP contribution in [0.1, 0.15) is 15.9 Å². The van der Waals surface area contributed by atoms with E-state index in [2.05, 4.69) is 0 Å². The zero-order valence-electron chi connectivity index (χ0n) is 12.0. The van der Waals surface area contributed by atoms with Gasteiger partial charge < -0.3 is 14.2 Å². The monoisotopic (exact) mass is 284 g/mol. The minimum Gasteiger partial charge on any atom is -0.497 e. The molecule has 0 N–H and O–H groups in total. The summed E-state index contributed by atoms with van der Waals surface area (Å²) >= 11 is 0. The van der Waals surface area contributed by atoms with Gasteiger partial charge in [-0.3, -0.25) is 4.79 Å². The van der Waals surface area contributed by atoms with E-state index in [0.29, 0.717) is 23.5 Å². The van der Waals surface area contributed by atoms with Crippen LogP contribution in [0, 0.1) is 0 Å². The van der Waals surface area contributed by atoms with Crippen LogP contribution in [0.4, 0.5) is 0 Å². The number of benzene rings is 2. The van der Waals surface area contributed by atoms with Gasteiger partial charge in [-0.25, -0.2) is 0 Å². The number of carbonyl (C=O) groups is 1. The highest BCUT2D eigenvalue weighted by Gasteiger charge is 2.31. The number of para-hydroxylation sites is 1. The highest BCUT2D eigenvalue weighted by Crippen LogP contribution is 2.32. The van der Waals surface area contributed by atoms with Crippen molar-refractivity contribution >= 4 is 5.78 Å². The SMILES string of the molecule is COc1ccc(C(=O)C2Cc3ccccc3O2)c(OC)c1. The summed E-state index contributed by atoms with van der Waals surface area (Å²) in [5.74, 6) is 1.85. The Morgan fingerprint density at radius 2 is 1.95 bits per heavy atom. The first-order valence-electron chi connectivity index (χ1n) is 6.73. The second-order valence-corrected chi connectivity index (χ2v) is 4.85. The maximum absolute atomic E-state index is 12.6. The number of ketones is 1. The van der Waals surface area contributed by atoms with E-state index in [9.17, 15) is 4.79 Å². The van der Waals surface area contributed by atoms with Gasteiger partial charge in [0.2, 0.25) is 5.78 Å². The first kappa shape index (κ1) is 13.5. The molecule has 0 saturated carbocycles. The molecule has 1 heterocycles. The molecule has 0 aromatic heterocycles. The quantitative estimate of drug-likeness (QED) is 0.810. The largest absolute Gasteiger partial charge is 0.497 e. The molecular formula is C17H16O4. The molecule has 1 aliphatic rings. The summed E-state index contributed by atoms with van der Waals surface area (Å²) < 4.78 is 16.2. The summed E-state index contributed by atoms with van der Waals surface area (Å²) in [7, 11) is 3.11. The number of fused-ring (bicyclic) bond motifs is 1. The minimum absolute atomic E-state index is 0.0781. The average molecular weight is 284 g/mol. The van der Waals surface area contributed by atoms with Crippen molar-refractivity contribution in [3.8, 4) is 17.2 Å². The molecule has 0 aliphatic carbocycles. The predicted octanol–water partition coefficient (Wildman–Crippen LogP) is 2.89. The summed E-state index contributed by atoms with van der Waals surface area (Å²) in [5, 5.41) is 0. The van der Waals surface area contributed by atoms with Crippen molar-refractivity contribution in [3.63, 3.8) is 0 Å². The zero-order valence-corrected chi connectivity index (χ0v) is 12.0. The highest BCUT2D eigenvalue weighted by molar-refractivity contribution is 6.02. The third-order valence-corrected chi connectivity index (χ3v) is 3.61. The van der Waals surface area contributed by atoms with E-state index in [1.54, 1.807) is 25.3 Å². The van der Waals surface area contributed by atoms with Gasteiger partial charge in [0.05, 0.1) is 19.8 Å². The van der Waals surface area contributed by atoms with Crippen molar-refractivity contribution in [2.45, 2.75) is 12.5 Å². The standard InChI is InChI=1S/C17H16O4/c1-19-12-7-8-13(15(10-12)20-2)17(18)16-9-11-5-3-4-6-14(11)21-16/h3-8,10,16H,9H2,1-2H3. The molecule has 0 saturated heterocycles. The van der Waals surface area contributed by atoms with Crippen LogP contribution in [0.5, 0.6) is 17.2 Å². The number of Topliss-reactive ketones (excluding diaryl/α,β-unsaturated/α-hetero) is 1. The molecule has 21 heavy (non-hydrogen) atoms. The van der Waals surface area contributed by atoms with Crippen molar-refractivity contribution in [3.05, 3.63) is 53.6 Å². The summed E-state index contributed by atoms with van der Waals surface area (Å²) in [5.41, 5.74) is 1.57. The fourth-order valence-corrected chi connectivity index (χ4v) is 2.50. The minimum atomic E-state index is -0.496. The van der Waals surface area contributed by atoms with Crippen LogP contribution in [-0.4, -0.2) is 26.1 Å². The molecule has 3 rings (SSSR count). The van der Waals surface area contributed by atoms with E-state index >= 15 is 0 Å². The average Bonchev–Trinajstić information content (AvgIpc) is 2.97. The molecule has 1 aliphatic heterocycles. The van der Waals surface area contributed by atoms with Crippen LogP contribution in [-0.2, 0) is 6.42 Å². The Morgan fingerprint density at radius 1 is 1.14 bits per heavy atom. The molecular weight excluding hydrogens is 268 g/mol. The molecule has 0 radical (unpaired) electrons. The van der Waals surface area contributed by atoms with E-state index in [1.807, 2.05) is 24.3 Å². The number of hydrogen-bond donors (Lipinski definition) is 0. The third kappa shape index (κ3) is 2.44. The first-order chi connectivity index (χ1) is 10.2. The Hall–Kier alpha value is -2.49. The summed E-state index contributed by atoms with van der Waals surface area (Å²) in [6.07, 6.45) is 0.0918. The number of methoxy groups -OCH3 is 2. The van der Waals surface area contributed by atoms with Crippen molar-refractivity contribution in [1.29, 1.82) is 0 Å². The Morgan fingerprint density at radius 3 is 2.67 bits per heavy atom. The van der Waals surface area contributed by atoms with Crippen LogP contribution in [0.25, 0.3) is 0 Å². The van der Waals surface area contributed by atoms with E-state index in [4.69, 9.17) is 14.2 Å². The van der Waals surface area contributed by atoms with Gasteiger partial charge in [-0.1, -0.05) is 18.2 Å². The number of carbonyl (C=O) groups excluding carboxylic acids is 1. The number of rotatable bonds is 4. The smallest absolute Gasteiger partial charge is 0.207 e. The normalized spacial score (nSPS) is 16.0. The summed E-state index contributed by atoms with van der Waals surface area (Å²) in [4.78, 5) is 12.6. The number of ether oxygens (including phenoxy) is 3. The van der Waals surface area contributed by atoms with E-state index < -0.39 is 6.10 Å². The van der Waals surface area contributed by atoms with Gasteiger partial charge in [0.25, 0.3) is 0 Å². The van der Waals surface area contributed by atoms with Crippen molar-refractivity contribution in [2.24, 2.45) is 0 Å². The molecule has 2 aromatic carbocycles. The molecule has 2 aromatic rings. The van der Waals surface area contributed by atoms with Gasteiger partial charge in [-0.2, -0.15) is 0 Å². The maximum Gasteiger partial charge on any atom is 0.207 e. The molecule has 0 spiro atoms. The predicted molar refractivity (Wildman–Crippen MR) is 78.4 cm³/mol. The molecule has 0 bridgehead atoms. The van der Waals surface area contributed by atoms with E-state index in [0.717, 1.165) is 11.3 Å². The van der Waals surface area contributed by atoms with Gasteiger partial charge in [-0.15, -0.1) is 0 Å². The van der Waals surface area contributed by atoms with Crippen LogP contribution in [0.2, 0.25) is 0 Å². The Bertz CT molecular complexity index is 653. The second kappa shape index (κ2) is 5.48. The topological polar surface area (TPSA) is 44.8 Å². The molecule has 1 atom stereocenters. The lowest BCUT2D eigenvalue weighted by Gasteiger charge is -2.13. The van der Waals surface area contributed by atoms with Crippen LogP contribution in [0.15, 0.2) is 42.5 Å². The van der Waals surface area contributed by atoms with E-state index in [1.165, 1.54) is 7.11 Å². The molecule has 4 heteroatoms. The maximum atomic E-state index is 12.6. The lowest BCUT2D eigenvalue weighted by Crippen LogP contribution is -2.25. The van der Waals surface area contributed by atoms with Gasteiger partial charge in [0, 0.05) is 12.5 Å². The Kier molecular flexibility index (Phi) is 3.52. The van der Waals surface area contributed by atoms with Gasteiger partial charge >= 0.3 is 0 Å². The molecule has 0 amide bonds. The molecule has 4 nitrogen and oxygen atoms in total. The molecule has 0 fully saturated rings. The fraction of sp³-hybridized carbons (Fsp3) is 0.235. The van der Waals surface area contributed by atoms with Crippen molar-refractivity contribution in [2.75, 3.05) is 14.2 Å².